The van der Waals surface area contributed by atoms with Crippen LogP contribution in [0.2, 0.25) is 0 Å². The van der Waals surface area contributed by atoms with Gasteiger partial charge >= 0.3 is 0 Å². The van der Waals surface area contributed by atoms with Crippen LogP contribution < -0.4 is 20.7 Å². The first-order valence-electron chi connectivity index (χ1n) is 10.7. The first kappa shape index (κ1) is 24.3. The molecule has 0 saturated heterocycles. The number of aromatic nitrogens is 5. The van der Waals surface area contributed by atoms with Gasteiger partial charge in [-0.15, -0.1) is 10.2 Å². The second-order valence-corrected chi connectivity index (χ2v) is 8.44. The topological polar surface area (TPSA) is 136 Å². The van der Waals surface area contributed by atoms with Crippen LogP contribution in [0.4, 0.5) is 17.2 Å². The van der Waals surface area contributed by atoms with E-state index in [1.165, 1.54) is 13.2 Å². The first-order valence-corrected chi connectivity index (χ1v) is 10.7. The largest absolute Gasteiger partial charge is 0.494 e. The fourth-order valence-electron chi connectivity index (χ4n) is 3.52. The van der Waals surface area contributed by atoms with Crippen molar-refractivity contribution in [2.75, 3.05) is 17.7 Å². The molecule has 2 amide bonds. The van der Waals surface area contributed by atoms with Crippen molar-refractivity contribution in [2.45, 2.75) is 18.6 Å². The molecule has 6 radical (unpaired) electrons. The van der Waals surface area contributed by atoms with Crippen molar-refractivity contribution in [3.63, 3.8) is 0 Å². The third kappa shape index (κ3) is 5.64. The lowest BCUT2D eigenvalue weighted by molar-refractivity contribution is -0.117. The molecule has 2 aromatic heterocycles. The number of hydrogen-bond donors (Lipinski definition) is 3. The van der Waals surface area contributed by atoms with Gasteiger partial charge in [-0.3, -0.25) is 14.3 Å². The minimum absolute atomic E-state index is 0.0776. The highest BCUT2D eigenvalue weighted by molar-refractivity contribution is 6.60. The first-order chi connectivity index (χ1) is 16.6. The van der Waals surface area contributed by atoms with Gasteiger partial charge in [0, 0.05) is 19.0 Å². The molecule has 1 saturated carbocycles. The summed E-state index contributed by atoms with van der Waals surface area (Å²) in [6.07, 6.45) is 2.38. The Bertz CT molecular complexity index is 1280. The summed E-state index contributed by atoms with van der Waals surface area (Å²) in [7, 11) is 19.8. The van der Waals surface area contributed by atoms with Crippen LogP contribution in [0.1, 0.15) is 23.8 Å². The van der Waals surface area contributed by atoms with Crippen LogP contribution in [0.5, 0.6) is 5.75 Å². The molecule has 14 heteroatoms. The quantitative estimate of drug-likeness (QED) is 0.408. The highest BCUT2D eigenvalue weighted by Crippen LogP contribution is 2.39. The van der Waals surface area contributed by atoms with Crippen LogP contribution in [0.3, 0.4) is 0 Å². The highest BCUT2D eigenvalue weighted by atomic mass is 16.5. The maximum absolute atomic E-state index is 12.8. The molecule has 4 rings (SSSR count). The third-order valence-corrected chi connectivity index (χ3v) is 5.37. The van der Waals surface area contributed by atoms with Crippen LogP contribution in [0.15, 0.2) is 30.6 Å². The van der Waals surface area contributed by atoms with Gasteiger partial charge in [0.15, 0.2) is 23.1 Å². The summed E-state index contributed by atoms with van der Waals surface area (Å²) in [5.74, 6) is 0.322. The zero-order valence-corrected chi connectivity index (χ0v) is 19.4. The predicted octanol–water partition coefficient (Wildman–Crippen LogP) is 0.465. The molecule has 3 N–H and O–H groups in total. The second-order valence-electron chi connectivity index (χ2n) is 8.44. The van der Waals surface area contributed by atoms with Gasteiger partial charge in [-0.2, -0.15) is 5.10 Å². The molecule has 2 atom stereocenters. The van der Waals surface area contributed by atoms with E-state index in [0.717, 1.165) is 6.42 Å². The number of benzene rings is 1. The zero-order valence-electron chi connectivity index (χ0n) is 19.4. The van der Waals surface area contributed by atoms with Crippen molar-refractivity contribution in [1.82, 2.24) is 30.3 Å². The van der Waals surface area contributed by atoms with Crippen molar-refractivity contribution in [3.05, 3.63) is 36.3 Å². The van der Waals surface area contributed by atoms with Gasteiger partial charge in [-0.05, 0) is 24.5 Å². The van der Waals surface area contributed by atoms with Crippen molar-refractivity contribution in [1.29, 1.82) is 0 Å². The monoisotopic (exact) mass is 466 g/mol. The average Bonchev–Trinajstić information content (AvgIpc) is 3.36. The Kier molecular flexibility index (Phi) is 6.55. The lowest BCUT2D eigenvalue weighted by atomic mass is 9.49. The number of amides is 2. The lowest BCUT2D eigenvalue weighted by Gasteiger charge is -2.23. The van der Waals surface area contributed by atoms with Gasteiger partial charge in [0.1, 0.15) is 6.33 Å². The smallest absolute Gasteiger partial charge is 0.272 e. The van der Waals surface area contributed by atoms with E-state index in [0.29, 0.717) is 28.7 Å². The Morgan fingerprint density at radius 2 is 1.94 bits per heavy atom. The van der Waals surface area contributed by atoms with E-state index in [9.17, 15) is 9.59 Å². The van der Waals surface area contributed by atoms with E-state index in [4.69, 9.17) is 28.3 Å². The number of carbonyl (C=O) groups excluding carboxylic acids is 2. The number of nitrogens with zero attached hydrogens (tertiary/aromatic N) is 5. The van der Waals surface area contributed by atoms with Gasteiger partial charge in [-0.25, -0.2) is 4.98 Å². The molecule has 0 bridgehead atoms. The summed E-state index contributed by atoms with van der Waals surface area (Å²) in [6.45, 7) is 1.99. The van der Waals surface area contributed by atoms with Gasteiger partial charge < -0.3 is 20.7 Å². The fourth-order valence-corrected chi connectivity index (χ4v) is 3.52. The number of aryl methyl sites for hydroxylation is 1. The molecule has 1 aromatic carbocycles. The number of nitrogens with one attached hydrogen (secondary N) is 3. The number of ether oxygens (including phenoxy) is 1. The normalized spacial score (nSPS) is 16.9. The van der Waals surface area contributed by atoms with Gasteiger partial charge in [0.25, 0.3) is 5.91 Å². The van der Waals surface area contributed by atoms with Crippen LogP contribution in [-0.2, 0) is 11.8 Å². The number of methoxy groups -OCH3 is 1. The molecule has 172 valence electrons. The maximum atomic E-state index is 12.8. The van der Waals surface area contributed by atoms with E-state index in [1.54, 1.807) is 36.3 Å². The molecule has 3 aromatic rings. The molecule has 1 aliphatic carbocycles. The Labute approximate surface area is 206 Å². The Morgan fingerprint density at radius 1 is 1.20 bits per heavy atom. The Balaban J connectivity index is 1.71. The minimum Gasteiger partial charge on any atom is -0.494 e. The molecular weight excluding hydrogens is 445 g/mol. The van der Waals surface area contributed by atoms with Crippen molar-refractivity contribution in [3.8, 4) is 17.1 Å². The van der Waals surface area contributed by atoms with Crippen molar-refractivity contribution >= 4 is 52.5 Å². The van der Waals surface area contributed by atoms with Crippen molar-refractivity contribution < 1.29 is 14.3 Å². The zero-order chi connectivity index (χ0) is 25.3. The Hall–Kier alpha value is -3.83. The van der Waals surface area contributed by atoms with Crippen LogP contribution >= 0.6 is 0 Å². The molecule has 11 nitrogen and oxygen atoms in total. The average molecular weight is 466 g/mol. The van der Waals surface area contributed by atoms with Crippen LogP contribution in [0.25, 0.3) is 11.4 Å². The SMILES string of the molecule is [B]C([B])([B])NC(=O)c1nnc(NC(=O)C2CC2C)cc1Nc1cccc(-c2ncn(C)n2)c1OC. The standard InChI is InChI=1S/C21H21B3N8O3/c1-10-7-12(10)19(33)27-15-8-14(16(30-29-15)20(34)28-21(22,23)24)26-13-6-4-5-11(17(13)35-3)18-25-9-32(2)31-18/h4-6,8-10,12H,7H2,1-3H3,(H,28,34)(H2,26,27,29,33). The lowest BCUT2D eigenvalue weighted by Crippen LogP contribution is -2.50. The molecule has 0 aliphatic heterocycles. The molecule has 1 fully saturated rings. The molecule has 35 heavy (non-hydrogen) atoms. The summed E-state index contributed by atoms with van der Waals surface area (Å²) >= 11 is 0. The van der Waals surface area contributed by atoms with E-state index >= 15 is 0 Å². The molecule has 2 unspecified atom stereocenters. The summed E-state index contributed by atoms with van der Waals surface area (Å²) in [6, 6.07) is 6.78. The van der Waals surface area contributed by atoms with E-state index in [2.05, 4.69) is 36.2 Å². The van der Waals surface area contributed by atoms with E-state index in [-0.39, 0.29) is 29.0 Å². The molecule has 1 aliphatic rings. The number of hydrogen-bond acceptors (Lipinski definition) is 8. The maximum Gasteiger partial charge on any atom is 0.272 e. The van der Waals surface area contributed by atoms with Gasteiger partial charge in [0.05, 0.1) is 47.6 Å². The summed E-state index contributed by atoms with van der Waals surface area (Å²) < 4.78 is 7.19. The van der Waals surface area contributed by atoms with E-state index in [1.807, 2.05) is 6.92 Å². The molecule has 2 heterocycles. The minimum atomic E-state index is -1.98. The summed E-state index contributed by atoms with van der Waals surface area (Å²) in [5.41, 5.74) is 1.14. The van der Waals surface area contributed by atoms with E-state index < -0.39 is 11.1 Å². The second kappa shape index (κ2) is 9.43. The summed E-state index contributed by atoms with van der Waals surface area (Å²) in [4.78, 5) is 29.5. The van der Waals surface area contributed by atoms with Crippen LogP contribution in [0, 0.1) is 11.8 Å². The molecular formula is C21H21B3N8O3. The van der Waals surface area contributed by atoms with Crippen LogP contribution in [-0.4, -0.2) is 72.7 Å². The van der Waals surface area contributed by atoms with Gasteiger partial charge in [0.2, 0.25) is 5.91 Å². The predicted molar refractivity (Wildman–Crippen MR) is 132 cm³/mol. The summed E-state index contributed by atoms with van der Waals surface area (Å²) in [5, 5.41) is 18.4. The number of rotatable bonds is 8. The third-order valence-electron chi connectivity index (χ3n) is 5.37. The van der Waals surface area contributed by atoms with Gasteiger partial charge in [-0.1, -0.05) is 18.2 Å². The number of para-hydroxylation sites is 1. The molecule has 0 spiro atoms. The highest BCUT2D eigenvalue weighted by Gasteiger charge is 2.39. The van der Waals surface area contributed by atoms with Crippen molar-refractivity contribution in [2.24, 2.45) is 18.9 Å². The number of carbonyl (C=O) groups is 2. The fraction of sp³-hybridized carbons (Fsp3) is 0.333. The Morgan fingerprint density at radius 3 is 2.54 bits per heavy atom. The number of anilines is 3.